The largest absolute Gasteiger partial charge is 0.496 e. The van der Waals surface area contributed by atoms with Crippen molar-refractivity contribution in [3.8, 4) is 5.75 Å². The Labute approximate surface area is 110 Å². The van der Waals surface area contributed by atoms with Crippen LogP contribution in [-0.2, 0) is 9.53 Å². The Kier molecular flexibility index (Phi) is 5.61. The minimum atomic E-state index is -0.282. The number of carbonyl (C=O) groups excluding carboxylic acids is 2. The highest BCUT2D eigenvalue weighted by Crippen LogP contribution is 2.24. The summed E-state index contributed by atoms with van der Waals surface area (Å²) in [6, 6.07) is 4.73. The van der Waals surface area contributed by atoms with Gasteiger partial charge in [-0.2, -0.15) is 0 Å². The number of anilines is 1. The fraction of sp³-hybridized carbons (Fsp3) is 0.333. The van der Waals surface area contributed by atoms with E-state index in [2.05, 4.69) is 5.32 Å². The first-order chi connectivity index (χ1) is 8.62. The molecule has 5 nitrogen and oxygen atoms in total. The van der Waals surface area contributed by atoms with E-state index in [1.807, 2.05) is 0 Å². The van der Waals surface area contributed by atoms with Crippen LogP contribution in [0, 0.1) is 0 Å². The maximum Gasteiger partial charge on any atom is 0.250 e. The number of ether oxygens (including phenoxy) is 2. The van der Waals surface area contributed by atoms with Crippen molar-refractivity contribution in [2.24, 2.45) is 0 Å². The Morgan fingerprint density at radius 3 is 2.61 bits per heavy atom. The van der Waals surface area contributed by atoms with E-state index < -0.39 is 0 Å². The number of alkyl halides is 1. The van der Waals surface area contributed by atoms with E-state index in [9.17, 15) is 9.59 Å². The maximum absolute atomic E-state index is 11.5. The fourth-order valence-electron chi connectivity index (χ4n) is 1.40. The topological polar surface area (TPSA) is 64.6 Å². The summed E-state index contributed by atoms with van der Waals surface area (Å²) in [5, 5.41) is 2.61. The van der Waals surface area contributed by atoms with E-state index in [0.29, 0.717) is 17.0 Å². The number of Topliss-reactive ketones (excluding diaryl/α,β-unsaturated/α-hetero) is 1. The van der Waals surface area contributed by atoms with Gasteiger partial charge in [-0.3, -0.25) is 9.59 Å². The van der Waals surface area contributed by atoms with Crippen molar-refractivity contribution in [3.63, 3.8) is 0 Å². The third-order valence-corrected chi connectivity index (χ3v) is 2.43. The van der Waals surface area contributed by atoms with Gasteiger partial charge in [0.05, 0.1) is 18.6 Å². The molecule has 1 aromatic carbocycles. The van der Waals surface area contributed by atoms with Gasteiger partial charge in [0.2, 0.25) is 5.91 Å². The molecule has 1 N–H and O–H groups in total. The molecule has 0 spiro atoms. The molecule has 6 heteroatoms. The van der Waals surface area contributed by atoms with E-state index in [4.69, 9.17) is 21.1 Å². The molecule has 0 aromatic heterocycles. The SMILES string of the molecule is COCC(=O)Nc1ccc(C(=O)CCl)c(OC)c1. The van der Waals surface area contributed by atoms with E-state index in [0.717, 1.165) is 0 Å². The lowest BCUT2D eigenvalue weighted by atomic mass is 10.1. The first kappa shape index (κ1) is 14.5. The zero-order valence-electron chi connectivity index (χ0n) is 10.2. The molecule has 1 amide bonds. The van der Waals surface area contributed by atoms with Crippen LogP contribution in [0.25, 0.3) is 0 Å². The second-order valence-corrected chi connectivity index (χ2v) is 3.72. The highest BCUT2D eigenvalue weighted by Gasteiger charge is 2.12. The summed E-state index contributed by atoms with van der Waals surface area (Å²) < 4.78 is 9.79. The molecule has 98 valence electrons. The number of halogens is 1. The van der Waals surface area contributed by atoms with Crippen LogP contribution in [0.5, 0.6) is 5.75 Å². The molecule has 0 radical (unpaired) electrons. The smallest absolute Gasteiger partial charge is 0.250 e. The van der Waals surface area contributed by atoms with Gasteiger partial charge in [-0.25, -0.2) is 0 Å². The van der Waals surface area contributed by atoms with Crippen molar-refractivity contribution in [1.82, 2.24) is 0 Å². The Morgan fingerprint density at radius 2 is 2.06 bits per heavy atom. The number of ketones is 1. The van der Waals surface area contributed by atoms with Crippen molar-refractivity contribution in [1.29, 1.82) is 0 Å². The summed E-state index contributed by atoms with van der Waals surface area (Å²) in [5.74, 6) is -0.263. The third-order valence-electron chi connectivity index (χ3n) is 2.18. The van der Waals surface area contributed by atoms with Crippen LogP contribution in [0.15, 0.2) is 18.2 Å². The molecular weight excluding hydrogens is 258 g/mol. The average Bonchev–Trinajstić information content (AvgIpc) is 2.38. The number of methoxy groups -OCH3 is 2. The van der Waals surface area contributed by atoms with Crippen molar-refractivity contribution in [2.45, 2.75) is 0 Å². The number of rotatable bonds is 6. The molecule has 0 saturated carbocycles. The molecule has 1 aromatic rings. The summed E-state index contributed by atoms with van der Waals surface area (Å²) in [4.78, 5) is 22.8. The lowest BCUT2D eigenvalue weighted by Crippen LogP contribution is -2.17. The molecule has 1 rings (SSSR count). The predicted octanol–water partition coefficient (Wildman–Crippen LogP) is 1.70. The zero-order valence-corrected chi connectivity index (χ0v) is 10.9. The Bertz CT molecular complexity index is 448. The van der Waals surface area contributed by atoms with Crippen LogP contribution in [0.3, 0.4) is 0 Å². The number of carbonyl (C=O) groups is 2. The van der Waals surface area contributed by atoms with Gasteiger partial charge in [0.25, 0.3) is 0 Å². The highest BCUT2D eigenvalue weighted by atomic mass is 35.5. The molecule has 0 fully saturated rings. The van der Waals surface area contributed by atoms with E-state index in [-0.39, 0.29) is 24.2 Å². The van der Waals surface area contributed by atoms with Gasteiger partial charge in [0.1, 0.15) is 12.4 Å². The van der Waals surface area contributed by atoms with E-state index >= 15 is 0 Å². The third kappa shape index (κ3) is 3.72. The molecule has 0 aliphatic heterocycles. The molecule has 0 unspecified atom stereocenters. The van der Waals surface area contributed by atoms with Crippen LogP contribution < -0.4 is 10.1 Å². The van der Waals surface area contributed by atoms with Crippen molar-refractivity contribution in [2.75, 3.05) is 32.0 Å². The van der Waals surface area contributed by atoms with Crippen LogP contribution in [0.2, 0.25) is 0 Å². The molecule has 0 aliphatic rings. The summed E-state index contributed by atoms with van der Waals surface area (Å²) in [5.41, 5.74) is 0.914. The number of hydrogen-bond donors (Lipinski definition) is 1. The Balaban J connectivity index is 2.91. The fourth-order valence-corrected chi connectivity index (χ4v) is 1.54. The minimum absolute atomic E-state index is 0.0370. The van der Waals surface area contributed by atoms with Crippen molar-refractivity contribution >= 4 is 29.0 Å². The van der Waals surface area contributed by atoms with Crippen molar-refractivity contribution in [3.05, 3.63) is 23.8 Å². The quantitative estimate of drug-likeness (QED) is 0.632. The van der Waals surface area contributed by atoms with E-state index in [1.165, 1.54) is 14.2 Å². The Morgan fingerprint density at radius 1 is 1.33 bits per heavy atom. The van der Waals surface area contributed by atoms with Crippen LogP contribution in [-0.4, -0.2) is 38.4 Å². The second-order valence-electron chi connectivity index (χ2n) is 3.45. The van der Waals surface area contributed by atoms with Crippen molar-refractivity contribution < 1.29 is 19.1 Å². The molecule has 0 bridgehead atoms. The maximum atomic E-state index is 11.5. The van der Waals surface area contributed by atoms with Gasteiger partial charge in [-0.1, -0.05) is 0 Å². The standard InChI is InChI=1S/C12H14ClNO4/c1-17-7-12(16)14-8-3-4-9(10(15)6-13)11(5-8)18-2/h3-5H,6-7H2,1-2H3,(H,14,16). The number of hydrogen-bond acceptors (Lipinski definition) is 4. The first-order valence-electron chi connectivity index (χ1n) is 5.18. The number of nitrogens with one attached hydrogen (secondary N) is 1. The van der Waals surface area contributed by atoms with Crippen LogP contribution in [0.1, 0.15) is 10.4 Å². The lowest BCUT2D eigenvalue weighted by Gasteiger charge is -2.10. The first-order valence-corrected chi connectivity index (χ1v) is 5.71. The highest BCUT2D eigenvalue weighted by molar-refractivity contribution is 6.30. The van der Waals surface area contributed by atoms with E-state index in [1.54, 1.807) is 18.2 Å². The van der Waals surface area contributed by atoms with Gasteiger partial charge in [-0.05, 0) is 12.1 Å². The van der Waals surface area contributed by atoms with Gasteiger partial charge < -0.3 is 14.8 Å². The van der Waals surface area contributed by atoms with Gasteiger partial charge in [0.15, 0.2) is 5.78 Å². The van der Waals surface area contributed by atoms with Gasteiger partial charge in [-0.15, -0.1) is 11.6 Å². The Hall–Kier alpha value is -1.59. The average molecular weight is 272 g/mol. The summed E-state index contributed by atoms with van der Waals surface area (Å²) in [6.45, 7) is -0.0370. The lowest BCUT2D eigenvalue weighted by molar-refractivity contribution is -0.119. The zero-order chi connectivity index (χ0) is 13.5. The minimum Gasteiger partial charge on any atom is -0.496 e. The number of amides is 1. The number of benzene rings is 1. The normalized spacial score (nSPS) is 9.94. The van der Waals surface area contributed by atoms with Gasteiger partial charge in [0, 0.05) is 18.9 Å². The van der Waals surface area contributed by atoms with Gasteiger partial charge >= 0.3 is 0 Å². The summed E-state index contributed by atoms with van der Waals surface area (Å²) >= 11 is 5.49. The molecule has 0 heterocycles. The monoisotopic (exact) mass is 271 g/mol. The molecular formula is C12H14ClNO4. The summed E-state index contributed by atoms with van der Waals surface area (Å²) in [6.07, 6.45) is 0. The molecule has 18 heavy (non-hydrogen) atoms. The molecule has 0 atom stereocenters. The second kappa shape index (κ2) is 6.98. The molecule has 0 saturated heterocycles. The van der Waals surface area contributed by atoms with Crippen LogP contribution >= 0.6 is 11.6 Å². The summed E-state index contributed by atoms with van der Waals surface area (Å²) in [7, 11) is 2.88. The van der Waals surface area contributed by atoms with Crippen LogP contribution in [0.4, 0.5) is 5.69 Å². The molecule has 0 aliphatic carbocycles. The predicted molar refractivity (Wildman–Crippen MR) is 68.6 cm³/mol.